The van der Waals surface area contributed by atoms with Crippen molar-refractivity contribution in [1.82, 2.24) is 0 Å². The first-order valence-corrected chi connectivity index (χ1v) is 4.88. The van der Waals surface area contributed by atoms with Crippen LogP contribution in [0.5, 0.6) is 0 Å². The third-order valence-corrected chi connectivity index (χ3v) is 2.45. The summed E-state index contributed by atoms with van der Waals surface area (Å²) in [6.45, 7) is 0. The van der Waals surface area contributed by atoms with Crippen molar-refractivity contribution in [3.63, 3.8) is 0 Å². The quantitative estimate of drug-likeness (QED) is 0.571. The molecule has 1 heteroatoms. The van der Waals surface area contributed by atoms with E-state index in [1.165, 1.54) is 5.39 Å². The summed E-state index contributed by atoms with van der Waals surface area (Å²) >= 11 is 0. The van der Waals surface area contributed by atoms with Crippen molar-refractivity contribution in [2.75, 3.05) is 0 Å². The zero-order valence-corrected chi connectivity index (χ0v) is 8.10. The van der Waals surface area contributed by atoms with Crippen LogP contribution in [-0.2, 0) is 0 Å². The van der Waals surface area contributed by atoms with E-state index >= 15 is 0 Å². The molecular weight excluding hydrogens is 184 g/mol. The average molecular weight is 193 g/mol. The van der Waals surface area contributed by atoms with Gasteiger partial charge >= 0.3 is 0 Å². The molecule has 1 aromatic heterocycles. The van der Waals surface area contributed by atoms with Crippen molar-refractivity contribution < 1.29 is 4.42 Å². The van der Waals surface area contributed by atoms with Crippen molar-refractivity contribution in [1.29, 1.82) is 0 Å². The van der Waals surface area contributed by atoms with E-state index in [0.29, 0.717) is 0 Å². The molecule has 0 aliphatic rings. The minimum absolute atomic E-state index is 0.862. The van der Waals surface area contributed by atoms with Gasteiger partial charge in [-0.15, -0.1) is 0 Å². The predicted molar refractivity (Wildman–Crippen MR) is 60.5 cm³/mol. The molecule has 3 rings (SSSR count). The molecule has 0 spiro atoms. The maximum absolute atomic E-state index is 5.34. The number of benzene rings is 2. The van der Waals surface area contributed by atoms with Crippen LogP contribution < -0.4 is 0 Å². The predicted octanol–water partition coefficient (Wildman–Crippen LogP) is 3.90. The Morgan fingerprint density at radius 2 is 1.80 bits per heavy atom. The van der Waals surface area contributed by atoms with Gasteiger partial charge in [0, 0.05) is 11.6 Å². The van der Waals surface area contributed by atoms with Gasteiger partial charge in [-0.05, 0) is 29.0 Å². The summed E-state index contributed by atoms with van der Waals surface area (Å²) < 4.78 is 5.34. The molecule has 0 amide bonds. The van der Waals surface area contributed by atoms with E-state index in [0.717, 1.165) is 16.7 Å². The summed E-state index contributed by atoms with van der Waals surface area (Å²) in [4.78, 5) is 0. The minimum atomic E-state index is 0.862. The molecule has 1 heterocycles. The molecule has 0 aliphatic carbocycles. The van der Waals surface area contributed by atoms with Crippen molar-refractivity contribution in [2.24, 2.45) is 0 Å². The van der Waals surface area contributed by atoms with E-state index < -0.39 is 0 Å². The molecule has 0 unspecified atom stereocenters. The SMILES string of the molecule is [c]1c(-c2ccco2)ccc2ccccc12. The molecule has 2 aromatic carbocycles. The lowest BCUT2D eigenvalue weighted by molar-refractivity contribution is 0.582. The molecule has 0 atom stereocenters. The van der Waals surface area contributed by atoms with E-state index in [4.69, 9.17) is 4.42 Å². The molecule has 0 aliphatic heterocycles. The Kier molecular flexibility index (Phi) is 1.82. The molecule has 0 saturated carbocycles. The van der Waals surface area contributed by atoms with Crippen LogP contribution in [0.1, 0.15) is 0 Å². The Labute approximate surface area is 88.0 Å². The number of rotatable bonds is 1. The fraction of sp³-hybridized carbons (Fsp3) is 0. The van der Waals surface area contributed by atoms with E-state index in [9.17, 15) is 0 Å². The van der Waals surface area contributed by atoms with E-state index in [-0.39, 0.29) is 0 Å². The number of hydrogen-bond donors (Lipinski definition) is 0. The fourth-order valence-corrected chi connectivity index (χ4v) is 1.69. The highest BCUT2D eigenvalue weighted by atomic mass is 16.3. The summed E-state index contributed by atoms with van der Waals surface area (Å²) in [6, 6.07) is 19.5. The van der Waals surface area contributed by atoms with Gasteiger partial charge in [-0.25, -0.2) is 0 Å². The molecule has 0 N–H and O–H groups in total. The summed E-state index contributed by atoms with van der Waals surface area (Å²) in [6.07, 6.45) is 1.68. The van der Waals surface area contributed by atoms with Gasteiger partial charge in [0.15, 0.2) is 0 Å². The molecule has 15 heavy (non-hydrogen) atoms. The molecule has 0 saturated heterocycles. The van der Waals surface area contributed by atoms with Crippen molar-refractivity contribution in [3.05, 3.63) is 60.9 Å². The van der Waals surface area contributed by atoms with Crippen LogP contribution in [0.2, 0.25) is 0 Å². The summed E-state index contributed by atoms with van der Waals surface area (Å²) in [5, 5.41) is 2.32. The fourth-order valence-electron chi connectivity index (χ4n) is 1.69. The first kappa shape index (κ1) is 8.30. The minimum Gasteiger partial charge on any atom is -0.464 e. The largest absolute Gasteiger partial charge is 0.464 e. The van der Waals surface area contributed by atoms with Crippen LogP contribution in [0.4, 0.5) is 0 Å². The number of furan rings is 1. The first-order chi connectivity index (χ1) is 7.43. The van der Waals surface area contributed by atoms with Crippen LogP contribution >= 0.6 is 0 Å². The zero-order chi connectivity index (χ0) is 10.1. The van der Waals surface area contributed by atoms with Gasteiger partial charge in [-0.2, -0.15) is 0 Å². The summed E-state index contributed by atoms with van der Waals surface area (Å²) in [7, 11) is 0. The molecule has 1 radical (unpaired) electrons. The maximum atomic E-state index is 5.34. The maximum Gasteiger partial charge on any atom is 0.134 e. The second kappa shape index (κ2) is 3.28. The standard InChI is InChI=1S/C14H9O/c1-2-5-12-10-13(8-7-11(12)4-1)14-6-3-9-15-14/h1-9H. The Bertz CT molecular complexity index is 579. The van der Waals surface area contributed by atoms with E-state index in [2.05, 4.69) is 24.3 Å². The van der Waals surface area contributed by atoms with Gasteiger partial charge in [0.1, 0.15) is 5.76 Å². The smallest absolute Gasteiger partial charge is 0.134 e. The second-order valence-electron chi connectivity index (χ2n) is 3.44. The molecule has 0 bridgehead atoms. The number of fused-ring (bicyclic) bond motifs is 1. The van der Waals surface area contributed by atoms with Gasteiger partial charge in [-0.3, -0.25) is 0 Å². The van der Waals surface area contributed by atoms with Gasteiger partial charge in [-0.1, -0.05) is 30.3 Å². The number of hydrogen-bond acceptors (Lipinski definition) is 1. The Morgan fingerprint density at radius 3 is 2.67 bits per heavy atom. The Balaban J connectivity index is 2.22. The van der Waals surface area contributed by atoms with Crippen LogP contribution in [0.15, 0.2) is 59.2 Å². The third kappa shape index (κ3) is 1.42. The molecule has 71 valence electrons. The Hall–Kier alpha value is -2.02. The lowest BCUT2D eigenvalue weighted by Crippen LogP contribution is -1.76. The van der Waals surface area contributed by atoms with Gasteiger partial charge < -0.3 is 4.42 Å². The van der Waals surface area contributed by atoms with Crippen molar-refractivity contribution in [2.45, 2.75) is 0 Å². The van der Waals surface area contributed by atoms with Crippen molar-refractivity contribution >= 4 is 10.8 Å². The topological polar surface area (TPSA) is 13.1 Å². The lowest BCUT2D eigenvalue weighted by Gasteiger charge is -1.99. The van der Waals surface area contributed by atoms with Gasteiger partial charge in [0.25, 0.3) is 0 Å². The van der Waals surface area contributed by atoms with Crippen LogP contribution in [0, 0.1) is 6.07 Å². The summed E-state index contributed by atoms with van der Waals surface area (Å²) in [5.41, 5.74) is 0.999. The van der Waals surface area contributed by atoms with Crippen LogP contribution in [0.25, 0.3) is 22.1 Å². The first-order valence-electron chi connectivity index (χ1n) is 4.88. The third-order valence-electron chi connectivity index (χ3n) is 2.45. The molecule has 3 aromatic rings. The van der Waals surface area contributed by atoms with E-state index in [1.807, 2.05) is 30.3 Å². The van der Waals surface area contributed by atoms with Crippen molar-refractivity contribution in [3.8, 4) is 11.3 Å². The average Bonchev–Trinajstić information content (AvgIpc) is 2.82. The highest BCUT2D eigenvalue weighted by molar-refractivity contribution is 5.85. The molecule has 1 nitrogen and oxygen atoms in total. The second-order valence-corrected chi connectivity index (χ2v) is 3.44. The van der Waals surface area contributed by atoms with Crippen LogP contribution in [-0.4, -0.2) is 0 Å². The normalized spacial score (nSPS) is 10.7. The lowest BCUT2D eigenvalue weighted by atomic mass is 10.1. The van der Waals surface area contributed by atoms with Crippen LogP contribution in [0.3, 0.4) is 0 Å². The summed E-state index contributed by atoms with van der Waals surface area (Å²) in [5.74, 6) is 0.862. The Morgan fingerprint density at radius 1 is 0.867 bits per heavy atom. The highest BCUT2D eigenvalue weighted by Crippen LogP contribution is 2.23. The van der Waals surface area contributed by atoms with Gasteiger partial charge in [0.2, 0.25) is 0 Å². The van der Waals surface area contributed by atoms with Gasteiger partial charge in [0.05, 0.1) is 6.26 Å². The molecule has 0 fully saturated rings. The monoisotopic (exact) mass is 193 g/mol. The van der Waals surface area contributed by atoms with E-state index in [1.54, 1.807) is 6.26 Å². The molecular formula is C14H9O. The highest BCUT2D eigenvalue weighted by Gasteiger charge is 2.01. The zero-order valence-electron chi connectivity index (χ0n) is 8.10.